The quantitative estimate of drug-likeness (QED) is 0.531. The molecule has 10 heteroatoms. The van der Waals surface area contributed by atoms with Gasteiger partial charge in [-0.2, -0.15) is 17.5 Å². The van der Waals surface area contributed by atoms with Gasteiger partial charge in [0.25, 0.3) is 0 Å². The zero-order valence-corrected chi connectivity index (χ0v) is 20.3. The van der Waals surface area contributed by atoms with Gasteiger partial charge in [0.05, 0.1) is 10.5 Å². The molecule has 190 valence electrons. The molecule has 1 fully saturated rings. The van der Waals surface area contributed by atoms with Crippen molar-refractivity contribution in [2.45, 2.75) is 56.2 Å². The Kier molecular flexibility index (Phi) is 7.88. The zero-order valence-electron chi connectivity index (χ0n) is 19.5. The van der Waals surface area contributed by atoms with Crippen LogP contribution in [0.1, 0.15) is 54.1 Å². The highest BCUT2D eigenvalue weighted by Crippen LogP contribution is 2.31. The summed E-state index contributed by atoms with van der Waals surface area (Å²) in [6.45, 7) is 3.39. The average molecular weight is 512 g/mol. The molecule has 0 bridgehead atoms. The predicted octanol–water partition coefficient (Wildman–Crippen LogP) is 4.40. The fourth-order valence-electron chi connectivity index (χ4n) is 4.05. The number of ketones is 2. The maximum Gasteiger partial charge on any atom is 0.416 e. The summed E-state index contributed by atoms with van der Waals surface area (Å²) in [7, 11) is -3.74. The average Bonchev–Trinajstić information content (AvgIpc) is 2.82. The van der Waals surface area contributed by atoms with Crippen molar-refractivity contribution in [2.75, 3.05) is 13.1 Å². The summed E-state index contributed by atoms with van der Waals surface area (Å²) in [4.78, 5) is 25.5. The maximum atomic E-state index is 12.8. The molecule has 1 atom stereocenters. The number of Topliss-reactive ketones (excluding diaryl/α,β-unsaturated/α-hetero) is 2. The van der Waals surface area contributed by atoms with E-state index in [9.17, 15) is 36.3 Å². The zero-order chi connectivity index (χ0) is 26.0. The van der Waals surface area contributed by atoms with Crippen LogP contribution in [-0.2, 0) is 21.0 Å². The fraction of sp³-hybridized carbons (Fsp3) is 0.440. The van der Waals surface area contributed by atoms with Crippen LogP contribution >= 0.6 is 0 Å². The molecule has 6 nitrogen and oxygen atoms in total. The summed E-state index contributed by atoms with van der Waals surface area (Å²) in [6, 6.07) is 10.3. The van der Waals surface area contributed by atoms with Crippen molar-refractivity contribution < 1.29 is 36.3 Å². The first-order valence-electron chi connectivity index (χ1n) is 11.3. The summed E-state index contributed by atoms with van der Waals surface area (Å²) in [5, 5.41) is 10.8. The molecule has 0 saturated carbocycles. The van der Waals surface area contributed by atoms with E-state index >= 15 is 0 Å². The number of rotatable bonds is 8. The van der Waals surface area contributed by atoms with Gasteiger partial charge in [0.15, 0.2) is 11.6 Å². The summed E-state index contributed by atoms with van der Waals surface area (Å²) >= 11 is 0. The SMILES string of the molecule is Cc1ccc(S(=O)(=O)N2CCC(O)(C(=O)CCC(C)C(=O)c3ccc(C(F)(F)F)cc3)CC2)cc1. The largest absolute Gasteiger partial charge is 0.416 e. The third-order valence-corrected chi connectivity index (χ3v) is 8.39. The van der Waals surface area contributed by atoms with E-state index in [1.807, 2.05) is 6.92 Å². The molecule has 1 unspecified atom stereocenters. The van der Waals surface area contributed by atoms with Gasteiger partial charge in [-0.05, 0) is 50.5 Å². The molecule has 1 heterocycles. The van der Waals surface area contributed by atoms with Crippen molar-refractivity contribution in [1.29, 1.82) is 0 Å². The first kappa shape index (κ1) is 27.0. The molecule has 0 aliphatic carbocycles. The van der Waals surface area contributed by atoms with Crippen LogP contribution in [0, 0.1) is 12.8 Å². The molecular formula is C25H28F3NO5S. The Morgan fingerprint density at radius 3 is 2.09 bits per heavy atom. The molecule has 35 heavy (non-hydrogen) atoms. The number of carbonyl (C=O) groups is 2. The van der Waals surface area contributed by atoms with E-state index < -0.39 is 44.8 Å². The van der Waals surface area contributed by atoms with Crippen molar-refractivity contribution in [1.82, 2.24) is 4.31 Å². The lowest BCUT2D eigenvalue weighted by atomic mass is 9.84. The second kappa shape index (κ2) is 10.2. The van der Waals surface area contributed by atoms with Crippen LogP contribution in [-0.4, -0.2) is 48.1 Å². The Morgan fingerprint density at radius 1 is 1.03 bits per heavy atom. The van der Waals surface area contributed by atoms with E-state index in [0.717, 1.165) is 29.8 Å². The number of piperidine rings is 1. The summed E-state index contributed by atoms with van der Waals surface area (Å²) < 4.78 is 65.1. The Hall–Kier alpha value is -2.56. The Balaban J connectivity index is 1.55. The van der Waals surface area contributed by atoms with Crippen LogP contribution in [0.25, 0.3) is 0 Å². The van der Waals surface area contributed by atoms with E-state index in [4.69, 9.17) is 0 Å². The fourth-order valence-corrected chi connectivity index (χ4v) is 5.50. The molecule has 1 N–H and O–H groups in total. The van der Waals surface area contributed by atoms with E-state index in [1.165, 1.54) is 16.4 Å². The number of sulfonamides is 1. The summed E-state index contributed by atoms with van der Waals surface area (Å²) in [5.74, 6) is -1.50. The first-order chi connectivity index (χ1) is 16.2. The number of aryl methyl sites for hydroxylation is 1. The van der Waals surface area contributed by atoms with Gasteiger partial charge in [-0.1, -0.05) is 36.8 Å². The van der Waals surface area contributed by atoms with Crippen molar-refractivity contribution >= 4 is 21.6 Å². The minimum absolute atomic E-state index is 0.0154. The van der Waals surface area contributed by atoms with Crippen LogP contribution in [0.3, 0.4) is 0 Å². The van der Waals surface area contributed by atoms with E-state index in [0.29, 0.717) is 0 Å². The summed E-state index contributed by atoms with van der Waals surface area (Å²) in [6.07, 6.45) is -4.60. The number of benzene rings is 2. The second-order valence-electron chi connectivity index (χ2n) is 9.05. The number of hydrogen-bond acceptors (Lipinski definition) is 5. The van der Waals surface area contributed by atoms with E-state index in [1.54, 1.807) is 19.1 Å². The summed E-state index contributed by atoms with van der Waals surface area (Å²) in [5.41, 5.74) is -1.49. The molecule has 0 radical (unpaired) electrons. The third kappa shape index (κ3) is 6.17. The molecule has 0 aromatic heterocycles. The predicted molar refractivity (Wildman–Crippen MR) is 123 cm³/mol. The van der Waals surface area contributed by atoms with E-state index in [-0.39, 0.29) is 49.2 Å². The lowest BCUT2D eigenvalue weighted by molar-refractivity contribution is -0.141. The van der Waals surface area contributed by atoms with Crippen molar-refractivity contribution in [3.05, 3.63) is 65.2 Å². The first-order valence-corrected chi connectivity index (χ1v) is 12.7. The van der Waals surface area contributed by atoms with Gasteiger partial charge in [0.2, 0.25) is 10.0 Å². The minimum atomic E-state index is -4.50. The lowest BCUT2D eigenvalue weighted by Crippen LogP contribution is -2.50. The monoisotopic (exact) mass is 511 g/mol. The number of carbonyl (C=O) groups excluding carboxylic acids is 2. The van der Waals surface area contributed by atoms with Gasteiger partial charge in [-0.25, -0.2) is 8.42 Å². The lowest BCUT2D eigenvalue weighted by Gasteiger charge is -2.36. The minimum Gasteiger partial charge on any atom is -0.382 e. The van der Waals surface area contributed by atoms with Crippen LogP contribution in [0.2, 0.25) is 0 Å². The van der Waals surface area contributed by atoms with Crippen LogP contribution in [0.4, 0.5) is 13.2 Å². The van der Waals surface area contributed by atoms with Gasteiger partial charge in [-0.3, -0.25) is 9.59 Å². The number of aliphatic hydroxyl groups is 1. The molecule has 3 rings (SSSR count). The topological polar surface area (TPSA) is 91.8 Å². The second-order valence-corrected chi connectivity index (χ2v) is 11.0. The highest BCUT2D eigenvalue weighted by Gasteiger charge is 2.42. The van der Waals surface area contributed by atoms with Gasteiger partial charge in [0, 0.05) is 31.0 Å². The third-order valence-electron chi connectivity index (χ3n) is 6.48. The van der Waals surface area contributed by atoms with Gasteiger partial charge in [-0.15, -0.1) is 0 Å². The number of hydrogen-bond donors (Lipinski definition) is 1. The molecule has 1 aliphatic heterocycles. The Bertz CT molecular complexity index is 1170. The molecular weight excluding hydrogens is 483 g/mol. The molecule has 0 spiro atoms. The van der Waals surface area contributed by atoms with Gasteiger partial charge in [0.1, 0.15) is 5.60 Å². The Morgan fingerprint density at radius 2 is 1.57 bits per heavy atom. The van der Waals surface area contributed by atoms with Crippen molar-refractivity contribution in [2.24, 2.45) is 5.92 Å². The van der Waals surface area contributed by atoms with Gasteiger partial charge >= 0.3 is 6.18 Å². The standard InChI is InChI=1S/C25H28F3NO5S/c1-17-3-10-21(11-4-17)35(33,34)29-15-13-24(32,14-16-29)22(30)12-5-18(2)23(31)19-6-8-20(9-7-19)25(26,27)28/h3-4,6-11,18,32H,5,12-16H2,1-2H3. The van der Waals surface area contributed by atoms with Gasteiger partial charge < -0.3 is 5.11 Å². The van der Waals surface area contributed by atoms with Crippen LogP contribution in [0.5, 0.6) is 0 Å². The molecule has 2 aromatic rings. The Labute approximate surface area is 202 Å². The van der Waals surface area contributed by atoms with Crippen LogP contribution < -0.4 is 0 Å². The molecule has 1 aliphatic rings. The highest BCUT2D eigenvalue weighted by atomic mass is 32.2. The van der Waals surface area contributed by atoms with Crippen molar-refractivity contribution in [3.8, 4) is 0 Å². The molecule has 1 saturated heterocycles. The highest BCUT2D eigenvalue weighted by molar-refractivity contribution is 7.89. The maximum absolute atomic E-state index is 12.8. The molecule has 2 aromatic carbocycles. The van der Waals surface area contributed by atoms with Crippen molar-refractivity contribution in [3.63, 3.8) is 0 Å². The normalized spacial score (nSPS) is 17.7. The van der Waals surface area contributed by atoms with Crippen LogP contribution in [0.15, 0.2) is 53.4 Å². The number of nitrogens with zero attached hydrogens (tertiary/aromatic N) is 1. The smallest absolute Gasteiger partial charge is 0.382 e. The molecule has 0 amide bonds. The number of alkyl halides is 3. The number of halogens is 3. The van der Waals surface area contributed by atoms with E-state index in [2.05, 4.69) is 0 Å².